The Kier molecular flexibility index (Phi) is 59.9. The third-order valence-corrected chi connectivity index (χ3v) is 15.3. The van der Waals surface area contributed by atoms with Crippen LogP contribution in [0.25, 0.3) is 0 Å². The lowest BCUT2D eigenvalue weighted by atomic mass is 10.0. The molecule has 0 spiro atoms. The highest BCUT2D eigenvalue weighted by molar-refractivity contribution is 5.76. The molecule has 0 saturated carbocycles. The quantitative estimate of drug-likeness (QED) is 0.0320. The summed E-state index contributed by atoms with van der Waals surface area (Å²) in [7, 11) is 0. The number of aliphatic hydroxyl groups is 2. The van der Waals surface area contributed by atoms with E-state index in [1.165, 1.54) is 302 Å². The van der Waals surface area contributed by atoms with Gasteiger partial charge in [-0.3, -0.25) is 9.59 Å². The Labute approximate surface area is 444 Å². The summed E-state index contributed by atoms with van der Waals surface area (Å²) >= 11 is 0. The van der Waals surface area contributed by atoms with Crippen molar-refractivity contribution in [2.45, 2.75) is 379 Å². The van der Waals surface area contributed by atoms with Crippen LogP contribution in [0, 0.1) is 0 Å². The van der Waals surface area contributed by atoms with E-state index in [9.17, 15) is 19.8 Å². The predicted molar refractivity (Wildman–Crippen MR) is 310 cm³/mol. The summed E-state index contributed by atoms with van der Waals surface area (Å²) in [4.78, 5) is 24.6. The van der Waals surface area contributed by atoms with E-state index in [4.69, 9.17) is 4.74 Å². The van der Waals surface area contributed by atoms with Gasteiger partial charge in [-0.2, -0.15) is 0 Å². The van der Waals surface area contributed by atoms with Crippen LogP contribution in [0.1, 0.15) is 367 Å². The van der Waals surface area contributed by atoms with Crippen molar-refractivity contribution in [2.24, 2.45) is 0 Å². The van der Waals surface area contributed by atoms with E-state index in [0.717, 1.165) is 38.5 Å². The van der Waals surface area contributed by atoms with Crippen LogP contribution in [-0.2, 0) is 14.3 Å². The standard InChI is InChI=1S/C65H127NO5/c1-3-5-7-9-11-13-15-17-19-20-21-22-24-27-30-33-37-41-45-49-53-57-63(68)62(61-67)66-64(69)58-54-50-46-42-38-34-31-28-25-23-26-29-32-36-40-44-48-52-56-60-71-65(70)59-55-51-47-43-39-35-18-16-14-12-10-8-6-4-2/h53,57,62-63,67-68H,3-52,54-56,58-61H2,1-2H3,(H,66,69)/b57-53+. The first kappa shape index (κ1) is 69.6. The van der Waals surface area contributed by atoms with E-state index in [1.54, 1.807) is 6.08 Å². The zero-order valence-corrected chi connectivity index (χ0v) is 48.2. The number of esters is 1. The van der Waals surface area contributed by atoms with Crippen molar-refractivity contribution in [2.75, 3.05) is 13.2 Å². The third-order valence-electron chi connectivity index (χ3n) is 15.3. The van der Waals surface area contributed by atoms with Gasteiger partial charge in [-0.15, -0.1) is 0 Å². The number of amides is 1. The molecule has 0 aromatic rings. The fraction of sp³-hybridized carbons (Fsp3) is 0.938. The van der Waals surface area contributed by atoms with Gasteiger partial charge in [0.05, 0.1) is 25.4 Å². The lowest BCUT2D eigenvalue weighted by Gasteiger charge is -2.20. The third kappa shape index (κ3) is 57.7. The Morgan fingerprint density at radius 3 is 0.958 bits per heavy atom. The predicted octanol–water partition coefficient (Wildman–Crippen LogP) is 20.4. The molecule has 0 radical (unpaired) electrons. The summed E-state index contributed by atoms with van der Waals surface area (Å²) in [6, 6.07) is -0.630. The minimum Gasteiger partial charge on any atom is -0.466 e. The second-order valence-electron chi connectivity index (χ2n) is 22.5. The van der Waals surface area contributed by atoms with E-state index >= 15 is 0 Å². The van der Waals surface area contributed by atoms with Crippen molar-refractivity contribution in [3.05, 3.63) is 12.2 Å². The highest BCUT2D eigenvalue weighted by Gasteiger charge is 2.18. The minimum absolute atomic E-state index is 0.0116. The van der Waals surface area contributed by atoms with Crippen molar-refractivity contribution in [1.29, 1.82) is 0 Å². The van der Waals surface area contributed by atoms with Crippen molar-refractivity contribution in [1.82, 2.24) is 5.32 Å². The van der Waals surface area contributed by atoms with Crippen LogP contribution < -0.4 is 5.32 Å². The molecule has 0 fully saturated rings. The van der Waals surface area contributed by atoms with Crippen molar-refractivity contribution in [3.8, 4) is 0 Å². The Morgan fingerprint density at radius 2 is 0.648 bits per heavy atom. The normalized spacial score (nSPS) is 12.6. The average Bonchev–Trinajstić information content (AvgIpc) is 3.37. The molecule has 0 aromatic carbocycles. The van der Waals surface area contributed by atoms with Crippen LogP contribution >= 0.6 is 0 Å². The summed E-state index contributed by atoms with van der Waals surface area (Å²) in [6.45, 7) is 4.94. The van der Waals surface area contributed by atoms with Gasteiger partial charge < -0.3 is 20.3 Å². The fourth-order valence-corrected chi connectivity index (χ4v) is 10.3. The number of allylic oxidation sites excluding steroid dienone is 1. The molecule has 2 atom stereocenters. The van der Waals surface area contributed by atoms with Crippen LogP contribution in [0.3, 0.4) is 0 Å². The van der Waals surface area contributed by atoms with Gasteiger partial charge in [-0.1, -0.05) is 334 Å². The minimum atomic E-state index is -0.847. The summed E-state index contributed by atoms with van der Waals surface area (Å²) in [5, 5.41) is 23.2. The first-order chi connectivity index (χ1) is 35.0. The van der Waals surface area contributed by atoms with E-state index in [2.05, 4.69) is 19.2 Å². The first-order valence-corrected chi connectivity index (χ1v) is 32.5. The number of hydrogen-bond acceptors (Lipinski definition) is 5. The Balaban J connectivity index is 3.42. The van der Waals surface area contributed by atoms with Crippen LogP contribution in [0.4, 0.5) is 0 Å². The molecule has 0 bridgehead atoms. The molecule has 0 heterocycles. The van der Waals surface area contributed by atoms with Gasteiger partial charge in [0.2, 0.25) is 5.91 Å². The van der Waals surface area contributed by atoms with Crippen molar-refractivity contribution < 1.29 is 24.5 Å². The van der Waals surface area contributed by atoms with Gasteiger partial charge in [0.15, 0.2) is 0 Å². The zero-order chi connectivity index (χ0) is 51.4. The van der Waals surface area contributed by atoms with Gasteiger partial charge in [0.25, 0.3) is 0 Å². The molecule has 3 N–H and O–H groups in total. The number of aliphatic hydroxyl groups excluding tert-OH is 2. The molecule has 0 aliphatic heterocycles. The van der Waals surface area contributed by atoms with E-state index < -0.39 is 12.1 Å². The molecule has 422 valence electrons. The number of nitrogens with one attached hydrogen (secondary N) is 1. The lowest BCUT2D eigenvalue weighted by Crippen LogP contribution is -2.45. The van der Waals surface area contributed by atoms with Crippen LogP contribution in [0.15, 0.2) is 12.2 Å². The summed E-state index contributed by atoms with van der Waals surface area (Å²) in [5.41, 5.74) is 0. The maximum atomic E-state index is 12.5. The molecule has 0 aromatic heterocycles. The first-order valence-electron chi connectivity index (χ1n) is 32.5. The van der Waals surface area contributed by atoms with Crippen LogP contribution in [0.2, 0.25) is 0 Å². The molecular weight excluding hydrogens is 875 g/mol. The van der Waals surface area contributed by atoms with E-state index in [0.29, 0.717) is 19.4 Å². The molecule has 71 heavy (non-hydrogen) atoms. The molecule has 0 aliphatic carbocycles. The van der Waals surface area contributed by atoms with Crippen molar-refractivity contribution >= 4 is 11.9 Å². The van der Waals surface area contributed by atoms with Gasteiger partial charge in [-0.05, 0) is 32.1 Å². The zero-order valence-electron chi connectivity index (χ0n) is 48.2. The monoisotopic (exact) mass is 1000 g/mol. The van der Waals surface area contributed by atoms with Crippen LogP contribution in [0.5, 0.6) is 0 Å². The second-order valence-corrected chi connectivity index (χ2v) is 22.5. The Hall–Kier alpha value is -1.40. The maximum Gasteiger partial charge on any atom is 0.305 e. The molecule has 2 unspecified atom stereocenters. The Morgan fingerprint density at radius 1 is 0.380 bits per heavy atom. The van der Waals surface area contributed by atoms with Gasteiger partial charge in [-0.25, -0.2) is 0 Å². The number of unbranched alkanes of at least 4 members (excludes halogenated alkanes) is 50. The number of carbonyl (C=O) groups is 2. The fourth-order valence-electron chi connectivity index (χ4n) is 10.3. The van der Waals surface area contributed by atoms with Gasteiger partial charge in [0, 0.05) is 12.8 Å². The SMILES string of the molecule is CCCCCCCCCCCCCCCCCCCCC/C=C/C(O)C(CO)NC(=O)CCCCCCCCCCCCCCCCCCCCCOC(=O)CCCCCCCCCCCCCCCC. The van der Waals surface area contributed by atoms with Gasteiger partial charge >= 0.3 is 5.97 Å². The number of carbonyl (C=O) groups excluding carboxylic acids is 2. The number of ether oxygens (including phenoxy) is 1. The van der Waals surface area contributed by atoms with Gasteiger partial charge in [0.1, 0.15) is 0 Å². The molecule has 0 saturated heterocycles. The molecule has 0 aliphatic rings. The number of rotatable bonds is 61. The molecule has 1 amide bonds. The topological polar surface area (TPSA) is 95.9 Å². The molecular formula is C65H127NO5. The second kappa shape index (κ2) is 61.1. The van der Waals surface area contributed by atoms with Crippen molar-refractivity contribution in [3.63, 3.8) is 0 Å². The maximum absolute atomic E-state index is 12.5. The highest BCUT2D eigenvalue weighted by Crippen LogP contribution is 2.18. The number of hydrogen-bond donors (Lipinski definition) is 3. The Bertz CT molecular complexity index is 1060. The van der Waals surface area contributed by atoms with E-state index in [-0.39, 0.29) is 18.5 Å². The molecule has 0 rings (SSSR count). The summed E-state index contributed by atoms with van der Waals surface area (Å²) < 4.78 is 5.49. The van der Waals surface area contributed by atoms with E-state index in [1.807, 2.05) is 6.08 Å². The molecule has 6 heteroatoms. The average molecular weight is 1000 g/mol. The molecule has 6 nitrogen and oxygen atoms in total. The summed E-state index contributed by atoms with van der Waals surface area (Å²) in [5.74, 6) is -0.0551. The largest absolute Gasteiger partial charge is 0.466 e. The highest BCUT2D eigenvalue weighted by atomic mass is 16.5. The van der Waals surface area contributed by atoms with Crippen LogP contribution in [-0.4, -0.2) is 47.4 Å². The lowest BCUT2D eigenvalue weighted by molar-refractivity contribution is -0.143. The smallest absolute Gasteiger partial charge is 0.305 e. The summed E-state index contributed by atoms with van der Waals surface area (Å²) in [6.07, 6.45) is 74.0.